The Morgan fingerprint density at radius 1 is 1.18 bits per heavy atom. The van der Waals surface area contributed by atoms with Gasteiger partial charge in [-0.05, 0) is 67.9 Å². The fourth-order valence-corrected chi connectivity index (χ4v) is 4.73. The molecule has 1 N–H and O–H groups in total. The second-order valence-corrected chi connectivity index (χ2v) is 9.09. The molecular formula is C24H37NO3. The van der Waals surface area contributed by atoms with Crippen LogP contribution in [0.1, 0.15) is 74.9 Å². The summed E-state index contributed by atoms with van der Waals surface area (Å²) in [6.07, 6.45) is 4.93. The van der Waals surface area contributed by atoms with Crippen LogP contribution in [-0.4, -0.2) is 25.0 Å². The summed E-state index contributed by atoms with van der Waals surface area (Å²) in [5.41, 5.74) is 3.02. The van der Waals surface area contributed by atoms with E-state index in [1.807, 2.05) is 26.0 Å². The molecule has 3 unspecified atom stereocenters. The number of amides is 1. The van der Waals surface area contributed by atoms with Crippen LogP contribution in [-0.2, 0) is 9.53 Å². The Morgan fingerprint density at radius 2 is 1.86 bits per heavy atom. The molecule has 1 aromatic carbocycles. The number of benzene rings is 1. The highest BCUT2D eigenvalue weighted by molar-refractivity contribution is 5.97. The second kappa shape index (κ2) is 9.58. The first-order valence-corrected chi connectivity index (χ1v) is 10.7. The van der Waals surface area contributed by atoms with Crippen molar-refractivity contribution < 1.29 is 14.3 Å². The molecule has 0 spiro atoms. The van der Waals surface area contributed by atoms with Gasteiger partial charge in [0.15, 0.2) is 0 Å². The van der Waals surface area contributed by atoms with Gasteiger partial charge in [0.05, 0.1) is 6.61 Å². The number of carbonyl (C=O) groups excluding carboxylic acids is 2. The zero-order valence-corrected chi connectivity index (χ0v) is 18.4. The van der Waals surface area contributed by atoms with Crippen LogP contribution in [0.3, 0.4) is 0 Å². The van der Waals surface area contributed by atoms with Crippen molar-refractivity contribution in [1.82, 2.24) is 5.32 Å². The van der Waals surface area contributed by atoms with E-state index >= 15 is 0 Å². The fourth-order valence-electron chi connectivity index (χ4n) is 4.73. The predicted octanol–water partition coefficient (Wildman–Crippen LogP) is 5.07. The summed E-state index contributed by atoms with van der Waals surface area (Å²) < 4.78 is 5.45. The number of carbonyl (C=O) groups is 2. The van der Waals surface area contributed by atoms with Crippen LogP contribution in [0.5, 0.6) is 0 Å². The maximum Gasteiger partial charge on any atom is 0.325 e. The predicted molar refractivity (Wildman–Crippen MR) is 113 cm³/mol. The zero-order chi connectivity index (χ0) is 20.9. The van der Waals surface area contributed by atoms with E-state index < -0.39 is 0 Å². The van der Waals surface area contributed by atoms with Crippen molar-refractivity contribution >= 4 is 11.9 Å². The number of esters is 1. The molecule has 4 rings (SSSR count). The summed E-state index contributed by atoms with van der Waals surface area (Å²) in [6, 6.07) is 5.66. The number of fused-ring (bicyclic) bond motifs is 2. The van der Waals surface area contributed by atoms with Gasteiger partial charge in [0.25, 0.3) is 5.91 Å². The molecule has 4 nitrogen and oxygen atoms in total. The van der Waals surface area contributed by atoms with Crippen LogP contribution < -0.4 is 5.32 Å². The zero-order valence-electron chi connectivity index (χ0n) is 18.4. The Labute approximate surface area is 170 Å². The van der Waals surface area contributed by atoms with E-state index in [-0.39, 0.29) is 18.4 Å². The lowest BCUT2D eigenvalue weighted by atomic mass is 9.46. The SMILES string of the molecule is CCC.Cc1ccc(C(=O)NCC(=O)OCC2CCC3CC2C3(C)C)c(C)c1. The largest absolute Gasteiger partial charge is 0.464 e. The van der Waals surface area contributed by atoms with Crippen molar-refractivity contribution in [2.24, 2.45) is 23.2 Å². The maximum atomic E-state index is 12.2. The molecule has 3 atom stereocenters. The molecule has 28 heavy (non-hydrogen) atoms. The van der Waals surface area contributed by atoms with Crippen molar-refractivity contribution in [3.05, 3.63) is 34.9 Å². The average molecular weight is 388 g/mol. The smallest absolute Gasteiger partial charge is 0.325 e. The van der Waals surface area contributed by atoms with Gasteiger partial charge in [-0.25, -0.2) is 0 Å². The number of hydrogen-bond acceptors (Lipinski definition) is 3. The lowest BCUT2D eigenvalue weighted by Gasteiger charge is -2.60. The van der Waals surface area contributed by atoms with Crippen LogP contribution in [0, 0.1) is 37.0 Å². The number of aryl methyl sites for hydroxylation is 2. The van der Waals surface area contributed by atoms with E-state index in [0.29, 0.717) is 29.4 Å². The maximum absolute atomic E-state index is 12.2. The summed E-state index contributed by atoms with van der Waals surface area (Å²) in [7, 11) is 0. The number of hydrogen-bond donors (Lipinski definition) is 1. The van der Waals surface area contributed by atoms with Crippen molar-refractivity contribution in [3.63, 3.8) is 0 Å². The van der Waals surface area contributed by atoms with Crippen LogP contribution in [0.4, 0.5) is 0 Å². The molecule has 4 heteroatoms. The number of rotatable bonds is 5. The Bertz CT molecular complexity index is 693. The monoisotopic (exact) mass is 387 g/mol. The summed E-state index contributed by atoms with van der Waals surface area (Å²) in [5.74, 6) is 1.41. The summed E-state index contributed by atoms with van der Waals surface area (Å²) in [5, 5.41) is 2.67. The van der Waals surface area contributed by atoms with Crippen LogP contribution in [0.25, 0.3) is 0 Å². The molecular weight excluding hydrogens is 350 g/mol. The van der Waals surface area contributed by atoms with Gasteiger partial charge in [-0.15, -0.1) is 0 Å². The first-order chi connectivity index (χ1) is 13.2. The normalized spacial score (nSPS) is 24.3. The standard InChI is InChI=1S/C21H29NO3.C3H8/c1-13-5-8-17(14(2)9-13)20(24)22-11-19(23)25-12-15-6-7-16-10-18(15)21(16,3)4;1-3-2/h5,8-9,15-16,18H,6-7,10-12H2,1-4H3,(H,22,24);3H2,1-2H3. The number of ether oxygens (including phenoxy) is 1. The van der Waals surface area contributed by atoms with Gasteiger partial charge in [0, 0.05) is 5.56 Å². The third kappa shape index (κ3) is 5.15. The molecule has 1 aromatic rings. The van der Waals surface area contributed by atoms with Crippen LogP contribution in [0.2, 0.25) is 0 Å². The lowest BCUT2D eigenvalue weighted by molar-refractivity contribution is -0.154. The van der Waals surface area contributed by atoms with Crippen LogP contribution >= 0.6 is 0 Å². The lowest BCUT2D eigenvalue weighted by Crippen LogP contribution is -2.53. The Hall–Kier alpha value is -1.84. The molecule has 3 aliphatic carbocycles. The van der Waals surface area contributed by atoms with E-state index in [1.54, 1.807) is 6.07 Å². The quantitative estimate of drug-likeness (QED) is 0.718. The minimum absolute atomic E-state index is 0.0739. The third-order valence-corrected chi connectivity index (χ3v) is 6.48. The van der Waals surface area contributed by atoms with Gasteiger partial charge in [0.2, 0.25) is 0 Å². The summed E-state index contributed by atoms with van der Waals surface area (Å²) in [4.78, 5) is 24.2. The van der Waals surface area contributed by atoms with Crippen LogP contribution in [0.15, 0.2) is 18.2 Å². The highest BCUT2D eigenvalue weighted by atomic mass is 16.5. The molecule has 2 bridgehead atoms. The van der Waals surface area contributed by atoms with Crippen molar-refractivity contribution in [1.29, 1.82) is 0 Å². The van der Waals surface area contributed by atoms with E-state index in [0.717, 1.165) is 23.5 Å². The molecule has 0 heterocycles. The molecule has 0 saturated heterocycles. The van der Waals surface area contributed by atoms with Crippen molar-refractivity contribution in [2.45, 2.75) is 67.2 Å². The van der Waals surface area contributed by atoms with Gasteiger partial charge in [0.1, 0.15) is 6.54 Å². The molecule has 3 fully saturated rings. The Morgan fingerprint density at radius 3 is 2.43 bits per heavy atom. The average Bonchev–Trinajstić information content (AvgIpc) is 2.65. The first kappa shape index (κ1) is 22.4. The molecule has 3 aliphatic rings. The summed E-state index contributed by atoms with van der Waals surface area (Å²) >= 11 is 0. The van der Waals surface area contributed by atoms with E-state index in [4.69, 9.17) is 4.74 Å². The topological polar surface area (TPSA) is 55.4 Å². The Balaban J connectivity index is 0.000000878. The molecule has 156 valence electrons. The number of nitrogens with one attached hydrogen (secondary N) is 1. The van der Waals surface area contributed by atoms with E-state index in [1.165, 1.54) is 19.3 Å². The molecule has 0 aliphatic heterocycles. The second-order valence-electron chi connectivity index (χ2n) is 9.09. The van der Waals surface area contributed by atoms with Gasteiger partial charge in [-0.3, -0.25) is 9.59 Å². The highest BCUT2D eigenvalue weighted by Gasteiger charge is 2.54. The summed E-state index contributed by atoms with van der Waals surface area (Å²) in [6.45, 7) is 13.2. The van der Waals surface area contributed by atoms with Gasteiger partial charge in [-0.1, -0.05) is 51.8 Å². The molecule has 0 aromatic heterocycles. The van der Waals surface area contributed by atoms with Gasteiger partial charge in [-0.2, -0.15) is 0 Å². The first-order valence-electron chi connectivity index (χ1n) is 10.7. The molecule has 1 amide bonds. The highest BCUT2D eigenvalue weighted by Crippen LogP contribution is 2.61. The van der Waals surface area contributed by atoms with E-state index in [2.05, 4.69) is 33.0 Å². The minimum Gasteiger partial charge on any atom is -0.464 e. The molecule has 3 saturated carbocycles. The molecule has 0 radical (unpaired) electrons. The Kier molecular flexibility index (Phi) is 7.68. The third-order valence-electron chi connectivity index (χ3n) is 6.48. The van der Waals surface area contributed by atoms with Gasteiger partial charge < -0.3 is 10.1 Å². The minimum atomic E-state index is -0.350. The fraction of sp³-hybridized carbons (Fsp3) is 0.667. The van der Waals surface area contributed by atoms with E-state index in [9.17, 15) is 9.59 Å². The van der Waals surface area contributed by atoms with Gasteiger partial charge >= 0.3 is 5.97 Å². The van der Waals surface area contributed by atoms with Crippen molar-refractivity contribution in [3.8, 4) is 0 Å². The van der Waals surface area contributed by atoms with Crippen molar-refractivity contribution in [2.75, 3.05) is 13.2 Å².